The van der Waals surface area contributed by atoms with Crippen molar-refractivity contribution in [3.05, 3.63) is 66.2 Å². The van der Waals surface area contributed by atoms with Crippen molar-refractivity contribution in [1.29, 1.82) is 0 Å². The Labute approximate surface area is 150 Å². The van der Waals surface area contributed by atoms with Gasteiger partial charge in [0.15, 0.2) is 0 Å². The number of benzene rings is 2. The van der Waals surface area contributed by atoms with Gasteiger partial charge >= 0.3 is 5.97 Å². The maximum atomic E-state index is 13.2. The lowest BCUT2D eigenvalue weighted by atomic mass is 9.86. The molecule has 2 aromatic carbocycles. The molecule has 2 saturated heterocycles. The van der Waals surface area contributed by atoms with Gasteiger partial charge in [0.05, 0.1) is 24.6 Å². The van der Waals surface area contributed by atoms with Crippen LogP contribution in [-0.4, -0.2) is 30.9 Å². The number of nitrogens with zero attached hydrogens (tertiary/aromatic N) is 1. The fourth-order valence-electron chi connectivity index (χ4n) is 3.95. The predicted octanol–water partition coefficient (Wildman–Crippen LogP) is 1.68. The maximum Gasteiger partial charge on any atom is 0.323 e. The third kappa shape index (κ3) is 2.42. The Balaban J connectivity index is 1.78. The molecule has 1 N–H and O–H groups in total. The number of anilines is 1. The zero-order chi connectivity index (χ0) is 18.3. The Kier molecular flexibility index (Phi) is 4.05. The van der Waals surface area contributed by atoms with Crippen LogP contribution in [0.3, 0.4) is 0 Å². The minimum Gasteiger partial charge on any atom is -0.468 e. The molecule has 6 nitrogen and oxygen atoms in total. The van der Waals surface area contributed by atoms with E-state index in [-0.39, 0.29) is 11.8 Å². The van der Waals surface area contributed by atoms with Gasteiger partial charge in [0.2, 0.25) is 11.8 Å². The van der Waals surface area contributed by atoms with Crippen LogP contribution < -0.4 is 10.2 Å². The van der Waals surface area contributed by atoms with Crippen molar-refractivity contribution in [3.63, 3.8) is 0 Å². The highest BCUT2D eigenvalue weighted by Crippen LogP contribution is 2.45. The molecule has 26 heavy (non-hydrogen) atoms. The Morgan fingerprint density at radius 1 is 0.923 bits per heavy atom. The Morgan fingerprint density at radius 3 is 2.12 bits per heavy atom. The van der Waals surface area contributed by atoms with Crippen molar-refractivity contribution in [2.24, 2.45) is 11.8 Å². The van der Waals surface area contributed by atoms with Gasteiger partial charge < -0.3 is 4.74 Å². The van der Waals surface area contributed by atoms with Crippen LogP contribution in [0.4, 0.5) is 5.69 Å². The summed E-state index contributed by atoms with van der Waals surface area (Å²) < 4.78 is 4.87. The SMILES string of the molecule is COC(=O)[C@@H]1N[C@H](c2ccccc2)[C@@H]2C(=O)N(c3ccccc3)C(=O)[C@@H]21. The number of nitrogens with one attached hydrogen (secondary N) is 1. The second-order valence-electron chi connectivity index (χ2n) is 6.45. The molecule has 0 aromatic heterocycles. The third-order valence-electron chi connectivity index (χ3n) is 5.10. The second-order valence-corrected chi connectivity index (χ2v) is 6.45. The molecule has 0 aliphatic carbocycles. The average Bonchev–Trinajstić information content (AvgIpc) is 3.20. The molecule has 0 unspecified atom stereocenters. The van der Waals surface area contributed by atoms with Crippen LogP contribution in [0.1, 0.15) is 11.6 Å². The largest absolute Gasteiger partial charge is 0.468 e. The van der Waals surface area contributed by atoms with E-state index < -0.39 is 29.9 Å². The molecule has 132 valence electrons. The molecule has 4 atom stereocenters. The summed E-state index contributed by atoms with van der Waals surface area (Å²) in [5.41, 5.74) is 1.39. The zero-order valence-corrected chi connectivity index (χ0v) is 14.2. The standard InChI is InChI=1S/C20H18N2O4/c1-26-20(25)17-15-14(16(21-17)12-8-4-2-5-9-12)18(23)22(19(15)24)13-10-6-3-7-11-13/h2-11,14-17,21H,1H3/t14-,15+,16-,17-/m1/s1. The van der Waals surface area contributed by atoms with Crippen molar-refractivity contribution in [2.45, 2.75) is 12.1 Å². The van der Waals surface area contributed by atoms with E-state index in [2.05, 4.69) is 5.32 Å². The van der Waals surface area contributed by atoms with E-state index in [1.807, 2.05) is 36.4 Å². The number of imide groups is 1. The highest BCUT2D eigenvalue weighted by atomic mass is 16.5. The summed E-state index contributed by atoms with van der Waals surface area (Å²) in [5.74, 6) is -2.62. The van der Waals surface area contributed by atoms with Crippen LogP contribution in [0.25, 0.3) is 0 Å². The third-order valence-corrected chi connectivity index (χ3v) is 5.10. The van der Waals surface area contributed by atoms with Gasteiger partial charge in [-0.2, -0.15) is 0 Å². The molecule has 6 heteroatoms. The van der Waals surface area contributed by atoms with Gasteiger partial charge in [-0.05, 0) is 17.7 Å². The molecule has 0 spiro atoms. The Morgan fingerprint density at radius 2 is 1.50 bits per heavy atom. The maximum absolute atomic E-state index is 13.2. The molecule has 2 aromatic rings. The summed E-state index contributed by atoms with van der Waals surface area (Å²) >= 11 is 0. The number of rotatable bonds is 3. The van der Waals surface area contributed by atoms with Crippen molar-refractivity contribution in [3.8, 4) is 0 Å². The number of ether oxygens (including phenoxy) is 1. The summed E-state index contributed by atoms with van der Waals surface area (Å²) in [6, 6.07) is 16.9. The minimum atomic E-state index is -0.847. The molecular weight excluding hydrogens is 332 g/mol. The van der Waals surface area contributed by atoms with Crippen molar-refractivity contribution in [2.75, 3.05) is 12.0 Å². The molecular formula is C20H18N2O4. The number of hydrogen-bond acceptors (Lipinski definition) is 5. The molecule has 2 amide bonds. The number of hydrogen-bond donors (Lipinski definition) is 1. The molecule has 4 rings (SSSR count). The van der Waals surface area contributed by atoms with Crippen molar-refractivity contribution >= 4 is 23.5 Å². The number of esters is 1. The smallest absolute Gasteiger partial charge is 0.323 e. The number of para-hydroxylation sites is 1. The first-order valence-corrected chi connectivity index (χ1v) is 8.45. The first-order valence-electron chi connectivity index (χ1n) is 8.45. The predicted molar refractivity (Wildman–Crippen MR) is 94.0 cm³/mol. The fourth-order valence-corrected chi connectivity index (χ4v) is 3.95. The number of carbonyl (C=O) groups excluding carboxylic acids is 3. The summed E-state index contributed by atoms with van der Waals surface area (Å²) in [6.07, 6.45) is 0. The van der Waals surface area contributed by atoms with Gasteiger partial charge in [-0.1, -0.05) is 48.5 Å². The minimum absolute atomic E-state index is 0.293. The van der Waals surface area contributed by atoms with Crippen LogP contribution in [0, 0.1) is 11.8 Å². The second kappa shape index (κ2) is 6.38. The van der Waals surface area contributed by atoms with Gasteiger partial charge in [-0.3, -0.25) is 19.7 Å². The number of methoxy groups -OCH3 is 1. The van der Waals surface area contributed by atoms with Crippen LogP contribution >= 0.6 is 0 Å². The summed E-state index contributed by atoms with van der Waals surface area (Å²) in [5, 5.41) is 3.15. The van der Waals surface area contributed by atoms with E-state index >= 15 is 0 Å². The number of fused-ring (bicyclic) bond motifs is 1. The van der Waals surface area contributed by atoms with E-state index in [4.69, 9.17) is 4.74 Å². The van der Waals surface area contributed by atoms with Gasteiger partial charge in [-0.25, -0.2) is 4.90 Å². The molecule has 2 fully saturated rings. The quantitative estimate of drug-likeness (QED) is 0.673. The Bertz CT molecular complexity index is 853. The lowest BCUT2D eigenvalue weighted by molar-refractivity contribution is -0.145. The number of carbonyl (C=O) groups is 3. The van der Waals surface area contributed by atoms with Crippen LogP contribution in [0.2, 0.25) is 0 Å². The molecule has 2 aliphatic rings. The van der Waals surface area contributed by atoms with Gasteiger partial charge in [-0.15, -0.1) is 0 Å². The fraction of sp³-hybridized carbons (Fsp3) is 0.250. The number of amides is 2. The van der Waals surface area contributed by atoms with Crippen molar-refractivity contribution < 1.29 is 19.1 Å². The molecule has 0 saturated carbocycles. The first-order chi connectivity index (χ1) is 12.6. The summed E-state index contributed by atoms with van der Waals surface area (Å²) in [4.78, 5) is 39.7. The van der Waals surface area contributed by atoms with Gasteiger partial charge in [0.25, 0.3) is 0 Å². The van der Waals surface area contributed by atoms with Gasteiger partial charge in [0, 0.05) is 6.04 Å². The van der Waals surface area contributed by atoms with Crippen LogP contribution in [-0.2, 0) is 19.1 Å². The zero-order valence-electron chi connectivity index (χ0n) is 14.2. The molecule has 0 bridgehead atoms. The average molecular weight is 350 g/mol. The Hall–Kier alpha value is -2.99. The topological polar surface area (TPSA) is 75.7 Å². The van der Waals surface area contributed by atoms with E-state index in [0.29, 0.717) is 5.69 Å². The van der Waals surface area contributed by atoms with E-state index in [1.165, 1.54) is 12.0 Å². The van der Waals surface area contributed by atoms with E-state index in [9.17, 15) is 14.4 Å². The van der Waals surface area contributed by atoms with Crippen molar-refractivity contribution in [1.82, 2.24) is 5.32 Å². The van der Waals surface area contributed by atoms with Crippen LogP contribution in [0.5, 0.6) is 0 Å². The first kappa shape index (κ1) is 16.5. The molecule has 2 heterocycles. The normalized spacial score (nSPS) is 27.5. The summed E-state index contributed by atoms with van der Waals surface area (Å²) in [6.45, 7) is 0. The highest BCUT2D eigenvalue weighted by Gasteiger charge is 2.61. The summed E-state index contributed by atoms with van der Waals surface area (Å²) in [7, 11) is 1.28. The van der Waals surface area contributed by atoms with Gasteiger partial charge in [0.1, 0.15) is 6.04 Å². The molecule has 0 radical (unpaired) electrons. The molecule has 2 aliphatic heterocycles. The van der Waals surface area contributed by atoms with Crippen LogP contribution in [0.15, 0.2) is 60.7 Å². The van der Waals surface area contributed by atoms with E-state index in [1.54, 1.807) is 24.3 Å². The lowest BCUT2D eigenvalue weighted by Crippen LogP contribution is -2.43. The highest BCUT2D eigenvalue weighted by molar-refractivity contribution is 6.23. The van der Waals surface area contributed by atoms with E-state index in [0.717, 1.165) is 5.56 Å². The monoisotopic (exact) mass is 350 g/mol. The lowest BCUT2D eigenvalue weighted by Gasteiger charge is -2.21.